The van der Waals surface area contributed by atoms with Gasteiger partial charge in [0.2, 0.25) is 5.89 Å². The monoisotopic (exact) mass is 409 g/mol. The van der Waals surface area contributed by atoms with Crippen LogP contribution in [0.1, 0.15) is 59.7 Å². The maximum absolute atomic E-state index is 5.25. The Hall–Kier alpha value is -0.860. The summed E-state index contributed by atoms with van der Waals surface area (Å²) >= 11 is 0. The van der Waals surface area contributed by atoms with Gasteiger partial charge in [-0.15, -0.1) is 24.0 Å². The highest BCUT2D eigenvalue weighted by Gasteiger charge is 2.21. The predicted molar refractivity (Wildman–Crippen MR) is 96.1 cm³/mol. The minimum absolute atomic E-state index is 0. The maximum atomic E-state index is 5.25. The molecule has 0 bridgehead atoms. The first kappa shape index (κ1) is 20.1. The van der Waals surface area contributed by atoms with Crippen molar-refractivity contribution in [1.82, 2.24) is 20.8 Å². The van der Waals surface area contributed by atoms with Crippen molar-refractivity contribution < 1.29 is 4.52 Å². The zero-order chi connectivity index (χ0) is 15.2. The second-order valence-electron chi connectivity index (χ2n) is 5.91. The summed E-state index contributed by atoms with van der Waals surface area (Å²) in [5.41, 5.74) is -0.131. The highest BCUT2D eigenvalue weighted by Crippen LogP contribution is 2.19. The number of aliphatic imine (C=N–C) groups is 1. The van der Waals surface area contributed by atoms with Crippen molar-refractivity contribution >= 4 is 29.9 Å². The van der Waals surface area contributed by atoms with E-state index in [1.165, 1.54) is 0 Å². The molecule has 1 atom stereocenters. The van der Waals surface area contributed by atoms with Crippen LogP contribution < -0.4 is 10.6 Å². The van der Waals surface area contributed by atoms with Gasteiger partial charge in [0.15, 0.2) is 11.8 Å². The number of nitrogens with one attached hydrogen (secondary N) is 2. The number of hydrogen-bond donors (Lipinski definition) is 2. The van der Waals surface area contributed by atoms with Gasteiger partial charge in [0.05, 0.1) is 0 Å². The average molecular weight is 409 g/mol. The fourth-order valence-corrected chi connectivity index (χ4v) is 1.43. The smallest absolute Gasteiger partial charge is 0.232 e. The van der Waals surface area contributed by atoms with E-state index < -0.39 is 0 Å². The largest absolute Gasteiger partial charge is 0.357 e. The maximum Gasteiger partial charge on any atom is 0.232 e. The second kappa shape index (κ2) is 9.22. The molecule has 7 heteroatoms. The Balaban J connectivity index is 0.00000400. The van der Waals surface area contributed by atoms with E-state index in [4.69, 9.17) is 4.52 Å². The van der Waals surface area contributed by atoms with Crippen molar-refractivity contribution in [2.45, 2.75) is 66.0 Å². The zero-order valence-corrected chi connectivity index (χ0v) is 16.2. The number of halogens is 1. The van der Waals surface area contributed by atoms with Crippen molar-refractivity contribution in [2.75, 3.05) is 6.54 Å². The standard InChI is InChI=1S/C14H27N5O.HI/c1-7-10(3)17-13(15-8-2)16-9-11-18-12(20-19-11)14(4,5)6;/h10H,7-9H2,1-6H3,(H2,15,16,17);1H. The summed E-state index contributed by atoms with van der Waals surface area (Å²) in [5.74, 6) is 2.03. The molecule has 1 aromatic rings. The Morgan fingerprint density at radius 2 is 2.00 bits per heavy atom. The molecule has 6 nitrogen and oxygen atoms in total. The van der Waals surface area contributed by atoms with Gasteiger partial charge in [-0.2, -0.15) is 4.98 Å². The molecule has 0 amide bonds. The molecule has 0 fully saturated rings. The summed E-state index contributed by atoms with van der Waals surface area (Å²) in [7, 11) is 0. The topological polar surface area (TPSA) is 75.3 Å². The van der Waals surface area contributed by atoms with Crippen LogP contribution in [0.4, 0.5) is 0 Å². The van der Waals surface area contributed by atoms with Crippen LogP contribution in [-0.2, 0) is 12.0 Å². The third-order valence-corrected chi connectivity index (χ3v) is 2.83. The van der Waals surface area contributed by atoms with Gasteiger partial charge >= 0.3 is 0 Å². The van der Waals surface area contributed by atoms with Crippen molar-refractivity contribution in [3.63, 3.8) is 0 Å². The molecular weight excluding hydrogens is 381 g/mol. The average Bonchev–Trinajstić information content (AvgIpc) is 2.84. The van der Waals surface area contributed by atoms with Crippen LogP contribution in [0.3, 0.4) is 0 Å². The van der Waals surface area contributed by atoms with Gasteiger partial charge in [0.25, 0.3) is 0 Å². The molecule has 0 aliphatic carbocycles. The lowest BCUT2D eigenvalue weighted by Crippen LogP contribution is -2.41. The van der Waals surface area contributed by atoms with E-state index in [-0.39, 0.29) is 29.4 Å². The van der Waals surface area contributed by atoms with Crippen molar-refractivity contribution in [3.05, 3.63) is 11.7 Å². The van der Waals surface area contributed by atoms with E-state index in [0.29, 0.717) is 24.3 Å². The van der Waals surface area contributed by atoms with E-state index in [9.17, 15) is 0 Å². The molecule has 1 rings (SSSR count). The zero-order valence-electron chi connectivity index (χ0n) is 13.9. The summed E-state index contributed by atoms with van der Waals surface area (Å²) < 4.78 is 5.25. The summed E-state index contributed by atoms with van der Waals surface area (Å²) in [6, 6.07) is 0.378. The third kappa shape index (κ3) is 7.10. The Morgan fingerprint density at radius 1 is 1.33 bits per heavy atom. The number of hydrogen-bond acceptors (Lipinski definition) is 4. The van der Waals surface area contributed by atoms with Gasteiger partial charge in [-0.3, -0.25) is 0 Å². The summed E-state index contributed by atoms with van der Waals surface area (Å²) in [5, 5.41) is 10.5. The van der Waals surface area contributed by atoms with Gasteiger partial charge in [0.1, 0.15) is 6.54 Å². The molecule has 21 heavy (non-hydrogen) atoms. The van der Waals surface area contributed by atoms with Crippen molar-refractivity contribution in [2.24, 2.45) is 4.99 Å². The molecule has 0 aliphatic rings. The SMILES string of the molecule is CCNC(=NCc1noc(C(C)(C)C)n1)NC(C)CC.I. The summed E-state index contributed by atoms with van der Waals surface area (Å²) in [6.45, 7) is 13.7. The molecule has 1 unspecified atom stereocenters. The molecule has 122 valence electrons. The number of aromatic nitrogens is 2. The fraction of sp³-hybridized carbons (Fsp3) is 0.786. The van der Waals surface area contributed by atoms with Crippen LogP contribution >= 0.6 is 24.0 Å². The van der Waals surface area contributed by atoms with E-state index >= 15 is 0 Å². The molecule has 0 saturated carbocycles. The minimum atomic E-state index is -0.131. The van der Waals surface area contributed by atoms with E-state index in [2.05, 4.69) is 39.6 Å². The Labute approximate surface area is 144 Å². The lowest BCUT2D eigenvalue weighted by molar-refractivity contribution is 0.318. The molecule has 0 saturated heterocycles. The Morgan fingerprint density at radius 3 is 2.48 bits per heavy atom. The quantitative estimate of drug-likeness (QED) is 0.445. The minimum Gasteiger partial charge on any atom is -0.357 e. The Bertz CT molecular complexity index is 439. The molecular formula is C14H28IN5O. The first-order valence-electron chi connectivity index (χ1n) is 7.24. The first-order chi connectivity index (χ1) is 9.36. The van der Waals surface area contributed by atoms with Crippen LogP contribution in [0.15, 0.2) is 9.52 Å². The highest BCUT2D eigenvalue weighted by molar-refractivity contribution is 14.0. The molecule has 1 aromatic heterocycles. The van der Waals surface area contributed by atoms with E-state index in [1.807, 2.05) is 27.7 Å². The fourth-order valence-electron chi connectivity index (χ4n) is 1.43. The van der Waals surface area contributed by atoms with Gasteiger partial charge in [-0.05, 0) is 20.3 Å². The first-order valence-corrected chi connectivity index (χ1v) is 7.24. The van der Waals surface area contributed by atoms with Gasteiger partial charge in [-0.25, -0.2) is 4.99 Å². The van der Waals surface area contributed by atoms with E-state index in [0.717, 1.165) is 18.9 Å². The lowest BCUT2D eigenvalue weighted by atomic mass is 9.97. The lowest BCUT2D eigenvalue weighted by Gasteiger charge is -2.15. The molecule has 0 aromatic carbocycles. The third-order valence-electron chi connectivity index (χ3n) is 2.83. The van der Waals surface area contributed by atoms with Crippen LogP contribution in [0.2, 0.25) is 0 Å². The van der Waals surface area contributed by atoms with Crippen LogP contribution in [0.5, 0.6) is 0 Å². The molecule has 2 N–H and O–H groups in total. The summed E-state index contributed by atoms with van der Waals surface area (Å²) in [4.78, 5) is 8.85. The van der Waals surface area contributed by atoms with Crippen LogP contribution in [0, 0.1) is 0 Å². The number of guanidine groups is 1. The van der Waals surface area contributed by atoms with Gasteiger partial charge in [-0.1, -0.05) is 32.9 Å². The molecule has 0 spiro atoms. The highest BCUT2D eigenvalue weighted by atomic mass is 127. The number of rotatable bonds is 5. The van der Waals surface area contributed by atoms with Gasteiger partial charge in [0, 0.05) is 18.0 Å². The predicted octanol–water partition coefficient (Wildman–Crippen LogP) is 2.84. The number of nitrogens with zero attached hydrogens (tertiary/aromatic N) is 3. The molecule has 1 heterocycles. The van der Waals surface area contributed by atoms with E-state index in [1.54, 1.807) is 0 Å². The summed E-state index contributed by atoms with van der Waals surface area (Å²) in [6.07, 6.45) is 1.04. The second-order valence-corrected chi connectivity index (χ2v) is 5.91. The molecule has 0 aliphatic heterocycles. The molecule has 0 radical (unpaired) electrons. The van der Waals surface area contributed by atoms with Crippen LogP contribution in [-0.4, -0.2) is 28.7 Å². The van der Waals surface area contributed by atoms with Gasteiger partial charge < -0.3 is 15.2 Å². The normalized spacial score (nSPS) is 13.5. The van der Waals surface area contributed by atoms with Crippen LogP contribution in [0.25, 0.3) is 0 Å². The van der Waals surface area contributed by atoms with Crippen molar-refractivity contribution in [3.8, 4) is 0 Å². The Kier molecular flexibility index (Phi) is 8.84. The van der Waals surface area contributed by atoms with Crippen molar-refractivity contribution in [1.29, 1.82) is 0 Å².